The topological polar surface area (TPSA) is 87.0 Å². The Hall–Kier alpha value is -1.24. The molecule has 0 amide bonds. The molecule has 0 spiro atoms. The van der Waals surface area contributed by atoms with Crippen molar-refractivity contribution in [2.75, 3.05) is 12.9 Å². The molecular weight excluding hydrogens is 256 g/mol. The maximum atomic E-state index is 11.0. The van der Waals surface area contributed by atoms with Crippen LogP contribution in [0.25, 0.3) is 0 Å². The highest BCUT2D eigenvalue weighted by Gasteiger charge is 2.20. The lowest BCUT2D eigenvalue weighted by Crippen LogP contribution is -2.19. The number of carboxylic acid groups (broad SMARTS) is 1. The zero-order chi connectivity index (χ0) is 13.7. The minimum atomic E-state index is -1.15. The van der Waals surface area contributed by atoms with E-state index in [0.717, 1.165) is 0 Å². The minimum Gasteiger partial charge on any atom is -0.496 e. The highest BCUT2D eigenvalue weighted by atomic mass is 32.1. The van der Waals surface area contributed by atoms with Crippen LogP contribution >= 0.6 is 12.6 Å². The summed E-state index contributed by atoms with van der Waals surface area (Å²) in [6.07, 6.45) is -1.79. The summed E-state index contributed by atoms with van der Waals surface area (Å²) >= 11 is 3.97. The lowest BCUT2D eigenvalue weighted by Gasteiger charge is -2.18. The molecule has 0 heterocycles. The smallest absolute Gasteiger partial charge is 0.339 e. The molecule has 2 unspecified atom stereocenters. The molecule has 2 atom stereocenters. The number of rotatable bonds is 6. The average Bonchev–Trinajstić information content (AvgIpc) is 2.37. The molecule has 5 nitrogen and oxygen atoms in total. The first-order valence-electron chi connectivity index (χ1n) is 5.39. The van der Waals surface area contributed by atoms with Gasteiger partial charge in [0.1, 0.15) is 17.4 Å². The lowest BCUT2D eigenvalue weighted by molar-refractivity contribution is 0.0171. The largest absolute Gasteiger partial charge is 0.496 e. The third-order valence-corrected chi connectivity index (χ3v) is 2.84. The molecule has 0 aliphatic heterocycles. The second kappa shape index (κ2) is 6.63. The van der Waals surface area contributed by atoms with E-state index < -0.39 is 18.2 Å². The number of aromatic carboxylic acids is 1. The molecule has 6 heteroatoms. The molecule has 0 fully saturated rings. The Balaban J connectivity index is 3.04. The van der Waals surface area contributed by atoms with E-state index in [1.807, 2.05) is 0 Å². The van der Waals surface area contributed by atoms with Crippen molar-refractivity contribution in [1.82, 2.24) is 0 Å². The molecule has 1 aromatic rings. The second-order valence-corrected chi connectivity index (χ2v) is 4.24. The van der Waals surface area contributed by atoms with Crippen LogP contribution in [0.1, 0.15) is 28.4 Å². The number of hydrogen-bond acceptors (Lipinski definition) is 5. The summed E-state index contributed by atoms with van der Waals surface area (Å²) in [5, 5.41) is 28.5. The van der Waals surface area contributed by atoms with Gasteiger partial charge in [0.2, 0.25) is 0 Å². The molecule has 0 saturated heterocycles. The molecule has 3 N–H and O–H groups in total. The maximum Gasteiger partial charge on any atom is 0.339 e. The minimum absolute atomic E-state index is 0.0490. The normalized spacial score (nSPS) is 14.0. The first kappa shape index (κ1) is 14.8. The molecule has 0 aliphatic carbocycles. The number of carbonyl (C=O) groups is 1. The fourth-order valence-corrected chi connectivity index (χ4v) is 1.85. The molecule has 1 rings (SSSR count). The van der Waals surface area contributed by atoms with E-state index in [9.17, 15) is 15.0 Å². The molecule has 0 bridgehead atoms. The summed E-state index contributed by atoms with van der Waals surface area (Å²) in [6, 6.07) is 4.28. The maximum absolute atomic E-state index is 11.0. The fourth-order valence-electron chi connectivity index (χ4n) is 1.59. The van der Waals surface area contributed by atoms with Crippen LogP contribution in [0.15, 0.2) is 18.2 Å². The average molecular weight is 272 g/mol. The van der Waals surface area contributed by atoms with Gasteiger partial charge in [0.15, 0.2) is 0 Å². The summed E-state index contributed by atoms with van der Waals surface area (Å²) in [6.45, 7) is 0. The Bertz CT molecular complexity index is 421. The Kier molecular flexibility index (Phi) is 5.46. The van der Waals surface area contributed by atoms with Gasteiger partial charge in [0.05, 0.1) is 13.2 Å². The number of thiol groups is 1. The van der Waals surface area contributed by atoms with E-state index in [4.69, 9.17) is 9.84 Å². The van der Waals surface area contributed by atoms with Crippen molar-refractivity contribution < 1.29 is 24.9 Å². The van der Waals surface area contributed by atoms with Crippen LogP contribution in [0, 0.1) is 0 Å². The van der Waals surface area contributed by atoms with E-state index in [-0.39, 0.29) is 11.3 Å². The summed E-state index contributed by atoms with van der Waals surface area (Å²) in [5.74, 6) is -0.507. The van der Waals surface area contributed by atoms with Gasteiger partial charge in [-0.3, -0.25) is 0 Å². The molecule has 0 aromatic heterocycles. The summed E-state index contributed by atoms with van der Waals surface area (Å²) in [7, 11) is 1.37. The van der Waals surface area contributed by atoms with Gasteiger partial charge in [-0.2, -0.15) is 12.6 Å². The number of methoxy groups -OCH3 is 1. The van der Waals surface area contributed by atoms with Gasteiger partial charge in [-0.15, -0.1) is 0 Å². The monoisotopic (exact) mass is 272 g/mol. The fraction of sp³-hybridized carbons (Fsp3) is 0.417. The number of aliphatic hydroxyl groups is 2. The van der Waals surface area contributed by atoms with Crippen LogP contribution in [0.2, 0.25) is 0 Å². The second-order valence-electron chi connectivity index (χ2n) is 3.79. The number of hydrogen-bond donors (Lipinski definition) is 4. The lowest BCUT2D eigenvalue weighted by atomic mass is 10.00. The van der Waals surface area contributed by atoms with Crippen molar-refractivity contribution >= 4 is 18.6 Å². The molecule has 100 valence electrons. The third-order valence-electron chi connectivity index (χ3n) is 2.58. The van der Waals surface area contributed by atoms with Crippen LogP contribution in [0.3, 0.4) is 0 Å². The summed E-state index contributed by atoms with van der Waals surface area (Å²) in [5.41, 5.74) is 0.287. The molecule has 0 radical (unpaired) electrons. The highest BCUT2D eigenvalue weighted by molar-refractivity contribution is 7.80. The van der Waals surface area contributed by atoms with Crippen LogP contribution in [0.5, 0.6) is 5.75 Å². The van der Waals surface area contributed by atoms with E-state index in [1.165, 1.54) is 25.3 Å². The molecule has 18 heavy (non-hydrogen) atoms. The molecule has 1 aromatic carbocycles. The zero-order valence-electron chi connectivity index (χ0n) is 9.91. The van der Waals surface area contributed by atoms with Crippen LogP contribution < -0.4 is 4.74 Å². The van der Waals surface area contributed by atoms with Crippen molar-refractivity contribution in [3.05, 3.63) is 29.3 Å². The van der Waals surface area contributed by atoms with Crippen molar-refractivity contribution in [3.8, 4) is 5.75 Å². The SMILES string of the molecule is COc1ccc(C(O)C(O)CCS)cc1C(=O)O. The number of carboxylic acids is 1. The van der Waals surface area contributed by atoms with E-state index in [0.29, 0.717) is 17.7 Å². The number of ether oxygens (including phenoxy) is 1. The predicted molar refractivity (Wildman–Crippen MR) is 69.4 cm³/mol. The highest BCUT2D eigenvalue weighted by Crippen LogP contribution is 2.26. The summed E-state index contributed by atoms with van der Waals surface area (Å²) < 4.78 is 4.91. The summed E-state index contributed by atoms with van der Waals surface area (Å²) in [4.78, 5) is 11.0. The van der Waals surface area contributed by atoms with E-state index in [1.54, 1.807) is 0 Å². The van der Waals surface area contributed by atoms with Crippen LogP contribution in [0.4, 0.5) is 0 Å². The Morgan fingerprint density at radius 1 is 1.44 bits per heavy atom. The van der Waals surface area contributed by atoms with Gasteiger partial charge in [0, 0.05) is 0 Å². The quantitative estimate of drug-likeness (QED) is 0.583. The molecular formula is C12H16O5S. The van der Waals surface area contributed by atoms with Gasteiger partial charge in [-0.1, -0.05) is 6.07 Å². The van der Waals surface area contributed by atoms with Gasteiger partial charge in [0.25, 0.3) is 0 Å². The van der Waals surface area contributed by atoms with Gasteiger partial charge in [-0.25, -0.2) is 4.79 Å². The molecule has 0 aliphatic rings. The van der Waals surface area contributed by atoms with Gasteiger partial charge < -0.3 is 20.1 Å². The van der Waals surface area contributed by atoms with Gasteiger partial charge in [-0.05, 0) is 29.9 Å². The Labute approximate surface area is 110 Å². The van der Waals surface area contributed by atoms with E-state index >= 15 is 0 Å². The molecule has 0 saturated carbocycles. The standard InChI is InChI=1S/C12H16O5S/c1-17-10-3-2-7(6-8(10)12(15)16)11(14)9(13)4-5-18/h2-3,6,9,11,13-14,18H,4-5H2,1H3,(H,15,16). The van der Waals surface area contributed by atoms with Crippen molar-refractivity contribution in [2.45, 2.75) is 18.6 Å². The van der Waals surface area contributed by atoms with Gasteiger partial charge >= 0.3 is 5.97 Å². The van der Waals surface area contributed by atoms with Crippen LogP contribution in [-0.2, 0) is 0 Å². The Morgan fingerprint density at radius 3 is 2.61 bits per heavy atom. The first-order chi connectivity index (χ1) is 8.51. The number of aliphatic hydroxyl groups excluding tert-OH is 2. The van der Waals surface area contributed by atoms with Crippen LogP contribution in [-0.4, -0.2) is 40.3 Å². The van der Waals surface area contributed by atoms with Crippen molar-refractivity contribution in [3.63, 3.8) is 0 Å². The number of benzene rings is 1. The Morgan fingerprint density at radius 2 is 2.11 bits per heavy atom. The zero-order valence-corrected chi connectivity index (χ0v) is 10.8. The third kappa shape index (κ3) is 3.38. The van der Waals surface area contributed by atoms with Crippen molar-refractivity contribution in [2.24, 2.45) is 0 Å². The van der Waals surface area contributed by atoms with Crippen molar-refractivity contribution in [1.29, 1.82) is 0 Å². The first-order valence-corrected chi connectivity index (χ1v) is 6.02. The van der Waals surface area contributed by atoms with E-state index in [2.05, 4.69) is 12.6 Å². The predicted octanol–water partition coefficient (Wildman–Crippen LogP) is 1.11.